The topological polar surface area (TPSA) is 35.3 Å². The van der Waals surface area contributed by atoms with Crippen LogP contribution < -0.4 is 4.74 Å². The van der Waals surface area contributed by atoms with Gasteiger partial charge in [0.25, 0.3) is 0 Å². The Labute approximate surface area is 134 Å². The van der Waals surface area contributed by atoms with Crippen LogP contribution in [0.4, 0.5) is 4.39 Å². The zero-order chi connectivity index (χ0) is 14.7. The molecule has 0 unspecified atom stereocenters. The first kappa shape index (κ1) is 14.1. The van der Waals surface area contributed by atoms with Crippen molar-refractivity contribution in [2.45, 2.75) is 6.61 Å². The second-order valence-corrected chi connectivity index (χ2v) is 5.57. The summed E-state index contributed by atoms with van der Waals surface area (Å²) in [5.74, 6) is 1.15. The predicted octanol–water partition coefficient (Wildman–Crippen LogP) is 4.66. The van der Waals surface area contributed by atoms with Gasteiger partial charge in [-0.15, -0.1) is 0 Å². The third-order valence-electron chi connectivity index (χ3n) is 2.91. The molecule has 3 nitrogen and oxygen atoms in total. The quantitative estimate of drug-likeness (QED) is 0.603. The summed E-state index contributed by atoms with van der Waals surface area (Å²) in [5.41, 5.74) is 1.47. The first-order valence-corrected chi connectivity index (χ1v) is 7.39. The minimum Gasteiger partial charge on any atom is -0.484 e. The van der Waals surface area contributed by atoms with Crippen molar-refractivity contribution in [3.63, 3.8) is 0 Å². The van der Waals surface area contributed by atoms with Gasteiger partial charge in [0.1, 0.15) is 23.9 Å². The van der Waals surface area contributed by atoms with Crippen molar-refractivity contribution in [1.29, 1.82) is 0 Å². The van der Waals surface area contributed by atoms with Crippen LogP contribution in [-0.4, -0.2) is 5.16 Å². The van der Waals surface area contributed by atoms with Crippen molar-refractivity contribution in [3.8, 4) is 17.0 Å². The lowest BCUT2D eigenvalue weighted by Crippen LogP contribution is -1.95. The van der Waals surface area contributed by atoms with E-state index in [0.717, 1.165) is 14.9 Å². The Hall–Kier alpha value is -1.89. The number of benzene rings is 2. The summed E-state index contributed by atoms with van der Waals surface area (Å²) in [6.07, 6.45) is 0. The molecule has 0 spiro atoms. The summed E-state index contributed by atoms with van der Waals surface area (Å²) in [6, 6.07) is 15.7. The Kier molecular flexibility index (Phi) is 4.19. The molecule has 1 aromatic heterocycles. The molecule has 0 N–H and O–H groups in total. The summed E-state index contributed by atoms with van der Waals surface area (Å²) in [5, 5.41) is 3.97. The van der Waals surface area contributed by atoms with E-state index in [1.165, 1.54) is 12.1 Å². The summed E-state index contributed by atoms with van der Waals surface area (Å²) in [4.78, 5) is 0. The van der Waals surface area contributed by atoms with Crippen LogP contribution in [0.3, 0.4) is 0 Å². The fourth-order valence-corrected chi connectivity index (χ4v) is 2.39. The van der Waals surface area contributed by atoms with Crippen LogP contribution in [0, 0.1) is 9.39 Å². The maximum absolute atomic E-state index is 12.9. The molecule has 2 aromatic carbocycles. The zero-order valence-electron chi connectivity index (χ0n) is 10.9. The van der Waals surface area contributed by atoms with E-state index in [4.69, 9.17) is 9.26 Å². The van der Waals surface area contributed by atoms with Crippen molar-refractivity contribution in [3.05, 3.63) is 69.7 Å². The van der Waals surface area contributed by atoms with Gasteiger partial charge in [-0.25, -0.2) is 4.39 Å². The normalized spacial score (nSPS) is 10.6. The largest absolute Gasteiger partial charge is 0.484 e. The van der Waals surface area contributed by atoms with E-state index in [2.05, 4.69) is 27.7 Å². The summed E-state index contributed by atoms with van der Waals surface area (Å²) in [6.45, 7) is 0.300. The highest BCUT2D eigenvalue weighted by Gasteiger charge is 2.08. The van der Waals surface area contributed by atoms with E-state index < -0.39 is 0 Å². The number of para-hydroxylation sites is 1. The Balaban J connectivity index is 1.71. The third-order valence-corrected chi connectivity index (χ3v) is 3.80. The Bertz CT molecular complexity index is 740. The predicted molar refractivity (Wildman–Crippen MR) is 85.4 cm³/mol. The molecular formula is C16H11FINO2. The molecule has 1 heterocycles. The maximum Gasteiger partial charge on any atom is 0.174 e. The molecule has 21 heavy (non-hydrogen) atoms. The highest BCUT2D eigenvalue weighted by atomic mass is 127. The number of hydrogen-bond acceptors (Lipinski definition) is 3. The molecule has 0 fully saturated rings. The lowest BCUT2D eigenvalue weighted by Gasteiger charge is -2.04. The molecule has 5 heteroatoms. The lowest BCUT2D eigenvalue weighted by atomic mass is 10.1. The van der Waals surface area contributed by atoms with Crippen LogP contribution in [0.1, 0.15) is 5.76 Å². The van der Waals surface area contributed by atoms with Crippen molar-refractivity contribution in [2.75, 3.05) is 0 Å². The van der Waals surface area contributed by atoms with E-state index in [0.29, 0.717) is 18.1 Å². The van der Waals surface area contributed by atoms with Crippen molar-refractivity contribution in [1.82, 2.24) is 5.16 Å². The molecule has 106 valence electrons. The number of rotatable bonds is 4. The SMILES string of the molecule is Fc1ccc(-c2cc(COc3ccccc3I)on2)cc1. The van der Waals surface area contributed by atoms with E-state index >= 15 is 0 Å². The highest BCUT2D eigenvalue weighted by molar-refractivity contribution is 14.1. The average Bonchev–Trinajstić information content (AvgIpc) is 2.96. The first-order chi connectivity index (χ1) is 10.2. The Morgan fingerprint density at radius 3 is 2.62 bits per heavy atom. The third kappa shape index (κ3) is 3.41. The number of nitrogens with zero attached hydrogens (tertiary/aromatic N) is 1. The van der Waals surface area contributed by atoms with Crippen LogP contribution in [0.5, 0.6) is 5.75 Å². The van der Waals surface area contributed by atoms with Gasteiger partial charge >= 0.3 is 0 Å². The minimum absolute atomic E-state index is 0.274. The molecule has 0 atom stereocenters. The zero-order valence-corrected chi connectivity index (χ0v) is 13.1. The second-order valence-electron chi connectivity index (χ2n) is 4.40. The van der Waals surface area contributed by atoms with E-state index in [-0.39, 0.29) is 5.82 Å². The van der Waals surface area contributed by atoms with Crippen molar-refractivity contribution >= 4 is 22.6 Å². The summed E-state index contributed by atoms with van der Waals surface area (Å²) in [7, 11) is 0. The standard InChI is InChI=1S/C16H11FINO2/c17-12-7-5-11(6-8-12)15-9-13(21-19-15)10-20-16-4-2-1-3-14(16)18/h1-9H,10H2. The summed E-state index contributed by atoms with van der Waals surface area (Å²) >= 11 is 2.21. The smallest absolute Gasteiger partial charge is 0.174 e. The van der Waals surface area contributed by atoms with Gasteiger partial charge in [-0.2, -0.15) is 0 Å². The molecular weight excluding hydrogens is 384 g/mol. The maximum atomic E-state index is 12.9. The molecule has 3 aromatic rings. The molecule has 0 saturated heterocycles. The molecule has 0 aliphatic carbocycles. The molecule has 0 aliphatic heterocycles. The van der Waals surface area contributed by atoms with Gasteiger partial charge in [0.15, 0.2) is 5.76 Å². The van der Waals surface area contributed by atoms with Crippen LogP contribution in [-0.2, 0) is 6.61 Å². The fourth-order valence-electron chi connectivity index (χ4n) is 1.85. The summed E-state index contributed by atoms with van der Waals surface area (Å²) < 4.78 is 24.9. The number of halogens is 2. The van der Waals surface area contributed by atoms with Gasteiger partial charge in [0, 0.05) is 11.6 Å². The molecule has 0 bridgehead atoms. The Morgan fingerprint density at radius 1 is 1.10 bits per heavy atom. The number of ether oxygens (including phenoxy) is 1. The Morgan fingerprint density at radius 2 is 1.86 bits per heavy atom. The fraction of sp³-hybridized carbons (Fsp3) is 0.0625. The van der Waals surface area contributed by atoms with Crippen LogP contribution in [0.15, 0.2) is 59.1 Å². The van der Waals surface area contributed by atoms with Crippen LogP contribution >= 0.6 is 22.6 Å². The first-order valence-electron chi connectivity index (χ1n) is 6.31. The minimum atomic E-state index is -0.274. The number of hydrogen-bond donors (Lipinski definition) is 0. The van der Waals surface area contributed by atoms with E-state index in [9.17, 15) is 4.39 Å². The average molecular weight is 395 g/mol. The molecule has 0 radical (unpaired) electrons. The van der Waals surface area contributed by atoms with Gasteiger partial charge in [-0.05, 0) is 59.0 Å². The molecule has 0 amide bonds. The van der Waals surface area contributed by atoms with Gasteiger partial charge in [0.2, 0.25) is 0 Å². The van der Waals surface area contributed by atoms with Gasteiger partial charge < -0.3 is 9.26 Å². The van der Waals surface area contributed by atoms with Crippen LogP contribution in [0.25, 0.3) is 11.3 Å². The van der Waals surface area contributed by atoms with Crippen molar-refractivity contribution < 1.29 is 13.7 Å². The lowest BCUT2D eigenvalue weighted by molar-refractivity contribution is 0.248. The van der Waals surface area contributed by atoms with Gasteiger partial charge in [-0.3, -0.25) is 0 Å². The molecule has 3 rings (SSSR count). The van der Waals surface area contributed by atoms with Gasteiger partial charge in [0.05, 0.1) is 3.57 Å². The van der Waals surface area contributed by atoms with Gasteiger partial charge in [-0.1, -0.05) is 17.3 Å². The monoisotopic (exact) mass is 395 g/mol. The second kappa shape index (κ2) is 6.26. The number of aromatic nitrogens is 1. The van der Waals surface area contributed by atoms with Crippen LogP contribution in [0.2, 0.25) is 0 Å². The van der Waals surface area contributed by atoms with E-state index in [1.54, 1.807) is 18.2 Å². The molecule has 0 saturated carbocycles. The van der Waals surface area contributed by atoms with Crippen molar-refractivity contribution in [2.24, 2.45) is 0 Å². The van der Waals surface area contributed by atoms with E-state index in [1.807, 2.05) is 24.3 Å². The molecule has 0 aliphatic rings. The highest BCUT2D eigenvalue weighted by Crippen LogP contribution is 2.23.